The minimum Gasteiger partial charge on any atom is -0.340 e. The molecule has 1 amide bonds. The minimum absolute atomic E-state index is 0.199. The van der Waals surface area contributed by atoms with Crippen LogP contribution in [0.25, 0.3) is 0 Å². The van der Waals surface area contributed by atoms with Crippen molar-refractivity contribution in [3.05, 3.63) is 71.5 Å². The number of nitrogens with zero attached hydrogens (tertiary/aromatic N) is 1. The van der Waals surface area contributed by atoms with Gasteiger partial charge in [0, 0.05) is 25.6 Å². The molecule has 1 heterocycles. The Morgan fingerprint density at radius 3 is 2.69 bits per heavy atom. The molecule has 2 aromatic carbocycles. The Kier molecular flexibility index (Phi) is 6.78. The van der Waals surface area contributed by atoms with Gasteiger partial charge in [-0.1, -0.05) is 42.5 Å². The second-order valence-electron chi connectivity index (χ2n) is 6.96. The van der Waals surface area contributed by atoms with Crippen molar-refractivity contribution in [1.82, 2.24) is 10.2 Å². The lowest BCUT2D eigenvalue weighted by Gasteiger charge is -2.25. The van der Waals surface area contributed by atoms with Crippen LogP contribution < -0.4 is 5.32 Å². The number of likely N-dealkylation sites (tertiary alicyclic amines) is 1. The van der Waals surface area contributed by atoms with Crippen LogP contribution in [0.3, 0.4) is 0 Å². The lowest BCUT2D eigenvalue weighted by molar-refractivity contribution is -0.129. The van der Waals surface area contributed by atoms with E-state index in [0.29, 0.717) is 19.0 Å². The highest BCUT2D eigenvalue weighted by atomic mass is 19.1. The average molecular weight is 354 g/mol. The predicted octanol–water partition coefficient (Wildman–Crippen LogP) is 3.93. The third kappa shape index (κ3) is 5.40. The Balaban J connectivity index is 1.39. The van der Waals surface area contributed by atoms with Crippen LogP contribution in [0.1, 0.15) is 36.8 Å². The molecule has 0 aliphatic carbocycles. The van der Waals surface area contributed by atoms with E-state index >= 15 is 0 Å². The number of rotatable bonds is 9. The van der Waals surface area contributed by atoms with E-state index in [1.807, 2.05) is 12.1 Å². The van der Waals surface area contributed by atoms with Crippen LogP contribution in [-0.4, -0.2) is 29.9 Å². The molecule has 0 radical (unpaired) electrons. The van der Waals surface area contributed by atoms with Gasteiger partial charge in [0.15, 0.2) is 0 Å². The van der Waals surface area contributed by atoms with E-state index < -0.39 is 0 Å². The van der Waals surface area contributed by atoms with Gasteiger partial charge in [0.1, 0.15) is 5.82 Å². The minimum atomic E-state index is -0.199. The van der Waals surface area contributed by atoms with Crippen LogP contribution in [0.5, 0.6) is 0 Å². The SMILES string of the molecule is O=C1CCC(CCNCc2cccc(F)c2)N1CCCc1ccccc1. The van der Waals surface area contributed by atoms with Gasteiger partial charge in [-0.2, -0.15) is 0 Å². The fourth-order valence-corrected chi connectivity index (χ4v) is 3.65. The van der Waals surface area contributed by atoms with Gasteiger partial charge in [0.2, 0.25) is 5.91 Å². The molecule has 1 aliphatic heterocycles. The van der Waals surface area contributed by atoms with Gasteiger partial charge in [-0.05, 0) is 55.5 Å². The molecular weight excluding hydrogens is 327 g/mol. The maximum absolute atomic E-state index is 13.2. The average Bonchev–Trinajstić information content (AvgIpc) is 3.00. The van der Waals surface area contributed by atoms with E-state index in [-0.39, 0.29) is 11.7 Å². The molecule has 1 atom stereocenters. The summed E-state index contributed by atoms with van der Waals surface area (Å²) in [5.74, 6) is 0.0865. The highest BCUT2D eigenvalue weighted by molar-refractivity contribution is 5.78. The van der Waals surface area contributed by atoms with Gasteiger partial charge in [-0.25, -0.2) is 4.39 Å². The highest BCUT2D eigenvalue weighted by Crippen LogP contribution is 2.22. The summed E-state index contributed by atoms with van der Waals surface area (Å²) in [5.41, 5.74) is 2.28. The van der Waals surface area contributed by atoms with E-state index in [4.69, 9.17) is 0 Å². The molecule has 138 valence electrons. The van der Waals surface area contributed by atoms with Crippen LogP contribution in [-0.2, 0) is 17.8 Å². The number of benzene rings is 2. The van der Waals surface area contributed by atoms with Crippen molar-refractivity contribution in [2.75, 3.05) is 13.1 Å². The van der Waals surface area contributed by atoms with Crippen LogP contribution >= 0.6 is 0 Å². The number of nitrogens with one attached hydrogen (secondary N) is 1. The second kappa shape index (κ2) is 9.48. The third-order valence-electron chi connectivity index (χ3n) is 5.03. The molecule has 3 rings (SSSR count). The molecule has 0 spiro atoms. The molecule has 0 bridgehead atoms. The molecule has 26 heavy (non-hydrogen) atoms. The van der Waals surface area contributed by atoms with Gasteiger partial charge in [-0.15, -0.1) is 0 Å². The van der Waals surface area contributed by atoms with Gasteiger partial charge in [0.05, 0.1) is 0 Å². The summed E-state index contributed by atoms with van der Waals surface area (Å²) in [6.07, 6.45) is 4.58. The molecule has 1 N–H and O–H groups in total. The van der Waals surface area contributed by atoms with Crippen molar-refractivity contribution >= 4 is 5.91 Å². The zero-order valence-corrected chi connectivity index (χ0v) is 15.2. The molecule has 1 saturated heterocycles. The molecule has 0 aromatic heterocycles. The van der Waals surface area contributed by atoms with Crippen molar-refractivity contribution in [3.63, 3.8) is 0 Å². The summed E-state index contributed by atoms with van der Waals surface area (Å²) in [6.45, 7) is 2.33. The normalized spacial score (nSPS) is 17.0. The summed E-state index contributed by atoms with van der Waals surface area (Å²) in [6, 6.07) is 17.4. The number of amides is 1. The molecular formula is C22H27FN2O. The van der Waals surface area contributed by atoms with E-state index in [1.54, 1.807) is 12.1 Å². The van der Waals surface area contributed by atoms with Crippen LogP contribution in [0.15, 0.2) is 54.6 Å². The Morgan fingerprint density at radius 2 is 1.88 bits per heavy atom. The zero-order valence-electron chi connectivity index (χ0n) is 15.2. The fourth-order valence-electron chi connectivity index (χ4n) is 3.65. The van der Waals surface area contributed by atoms with Crippen molar-refractivity contribution in [2.24, 2.45) is 0 Å². The monoisotopic (exact) mass is 354 g/mol. The second-order valence-corrected chi connectivity index (χ2v) is 6.96. The summed E-state index contributed by atoms with van der Waals surface area (Å²) in [4.78, 5) is 14.2. The fraction of sp³-hybridized carbons (Fsp3) is 0.409. The topological polar surface area (TPSA) is 32.3 Å². The first kappa shape index (κ1) is 18.6. The van der Waals surface area contributed by atoms with Gasteiger partial charge < -0.3 is 10.2 Å². The Morgan fingerprint density at radius 1 is 1.08 bits per heavy atom. The van der Waals surface area contributed by atoms with Crippen molar-refractivity contribution < 1.29 is 9.18 Å². The van der Waals surface area contributed by atoms with Gasteiger partial charge >= 0.3 is 0 Å². The molecule has 0 saturated carbocycles. The summed E-state index contributed by atoms with van der Waals surface area (Å²) in [5, 5.41) is 3.37. The number of carbonyl (C=O) groups is 1. The molecule has 1 unspecified atom stereocenters. The van der Waals surface area contributed by atoms with Gasteiger partial charge in [-0.3, -0.25) is 4.79 Å². The number of carbonyl (C=O) groups excluding carboxylic acids is 1. The van der Waals surface area contributed by atoms with E-state index in [0.717, 1.165) is 44.3 Å². The molecule has 4 heteroatoms. The smallest absolute Gasteiger partial charge is 0.222 e. The zero-order chi connectivity index (χ0) is 18.2. The van der Waals surface area contributed by atoms with Crippen LogP contribution in [0.4, 0.5) is 4.39 Å². The summed E-state index contributed by atoms with van der Waals surface area (Å²) in [7, 11) is 0. The number of hydrogen-bond donors (Lipinski definition) is 1. The van der Waals surface area contributed by atoms with E-state index in [1.165, 1.54) is 11.6 Å². The summed E-state index contributed by atoms with van der Waals surface area (Å²) >= 11 is 0. The van der Waals surface area contributed by atoms with E-state index in [2.05, 4.69) is 34.5 Å². The Hall–Kier alpha value is -2.20. The molecule has 1 aliphatic rings. The first-order chi connectivity index (χ1) is 12.7. The quantitative estimate of drug-likeness (QED) is 0.692. The molecule has 1 fully saturated rings. The number of hydrogen-bond acceptors (Lipinski definition) is 2. The number of aryl methyl sites for hydroxylation is 1. The van der Waals surface area contributed by atoms with Crippen LogP contribution in [0, 0.1) is 5.82 Å². The van der Waals surface area contributed by atoms with Crippen molar-refractivity contribution in [1.29, 1.82) is 0 Å². The van der Waals surface area contributed by atoms with E-state index in [9.17, 15) is 9.18 Å². The van der Waals surface area contributed by atoms with Crippen molar-refractivity contribution in [2.45, 2.75) is 44.7 Å². The first-order valence-corrected chi connectivity index (χ1v) is 9.51. The third-order valence-corrected chi connectivity index (χ3v) is 5.03. The van der Waals surface area contributed by atoms with Crippen LogP contribution in [0.2, 0.25) is 0 Å². The lowest BCUT2D eigenvalue weighted by Crippen LogP contribution is -2.36. The maximum Gasteiger partial charge on any atom is 0.222 e. The Bertz CT molecular complexity index is 704. The summed E-state index contributed by atoms with van der Waals surface area (Å²) < 4.78 is 13.2. The largest absolute Gasteiger partial charge is 0.340 e. The van der Waals surface area contributed by atoms with Crippen molar-refractivity contribution in [3.8, 4) is 0 Å². The number of halogens is 1. The first-order valence-electron chi connectivity index (χ1n) is 9.51. The van der Waals surface area contributed by atoms with Gasteiger partial charge in [0.25, 0.3) is 0 Å². The highest BCUT2D eigenvalue weighted by Gasteiger charge is 2.29. The Labute approximate surface area is 155 Å². The molecule has 2 aromatic rings. The molecule has 3 nitrogen and oxygen atoms in total. The maximum atomic E-state index is 13.2. The standard InChI is InChI=1S/C22H27FN2O/c23-20-10-4-8-19(16-20)17-24-14-13-21-11-12-22(26)25(21)15-5-9-18-6-2-1-3-7-18/h1-4,6-8,10,16,21,24H,5,9,11-15,17H2. The predicted molar refractivity (Wildman–Crippen MR) is 102 cm³/mol. The lowest BCUT2D eigenvalue weighted by atomic mass is 10.1.